The normalized spacial score (nSPS) is 11.6. The monoisotopic (exact) mass is 405 g/mol. The van der Waals surface area contributed by atoms with Crippen LogP contribution in [0.5, 0.6) is 11.5 Å². The second-order valence-corrected chi connectivity index (χ2v) is 6.34. The van der Waals surface area contributed by atoms with Gasteiger partial charge in [0.15, 0.2) is 0 Å². The first kappa shape index (κ1) is 21.6. The van der Waals surface area contributed by atoms with Crippen LogP contribution in [-0.4, -0.2) is 31.5 Å². The zero-order chi connectivity index (χ0) is 19.4. The number of aryl methyl sites for hydroxylation is 1. The molecular weight excluding hydrogens is 382 g/mol. The molecule has 7 heteroatoms. The molecule has 0 radical (unpaired) electrons. The standard InChI is InChI=1S/C21H23NO5.ClH/c1-13-14(2)21(24)27-20-10-16(8-9-17(13)20)26-12-15(23)11-22-18-6-4-5-7-19(18)25-3;/h4-10,15,22-23H,11-12H2,1-3H3;1H. The van der Waals surface area contributed by atoms with Crippen LogP contribution < -0.4 is 20.4 Å². The highest BCUT2D eigenvalue weighted by atomic mass is 35.5. The first-order valence-electron chi connectivity index (χ1n) is 8.71. The molecular formula is C21H24ClNO5. The number of methoxy groups -OCH3 is 1. The number of halogens is 1. The SMILES string of the molecule is COc1ccccc1NCC(O)COc1ccc2c(C)c(C)c(=O)oc2c1.Cl. The van der Waals surface area contributed by atoms with Gasteiger partial charge >= 0.3 is 5.63 Å². The van der Waals surface area contributed by atoms with E-state index in [9.17, 15) is 9.90 Å². The van der Waals surface area contributed by atoms with E-state index in [4.69, 9.17) is 13.9 Å². The average molecular weight is 406 g/mol. The molecule has 3 aromatic rings. The number of anilines is 1. The summed E-state index contributed by atoms with van der Waals surface area (Å²) in [7, 11) is 1.60. The lowest BCUT2D eigenvalue weighted by Crippen LogP contribution is -2.26. The van der Waals surface area contributed by atoms with Crippen LogP contribution in [0.3, 0.4) is 0 Å². The first-order valence-corrected chi connectivity index (χ1v) is 8.71. The molecule has 0 saturated carbocycles. The number of nitrogens with one attached hydrogen (secondary N) is 1. The smallest absolute Gasteiger partial charge is 0.339 e. The molecule has 1 atom stereocenters. The Morgan fingerprint density at radius 3 is 2.64 bits per heavy atom. The summed E-state index contributed by atoms with van der Waals surface area (Å²) in [6.45, 7) is 4.04. The maximum Gasteiger partial charge on any atom is 0.339 e. The highest BCUT2D eigenvalue weighted by Gasteiger charge is 2.11. The Balaban J connectivity index is 0.00000280. The van der Waals surface area contributed by atoms with Gasteiger partial charge in [0.2, 0.25) is 0 Å². The van der Waals surface area contributed by atoms with Crippen molar-refractivity contribution >= 4 is 29.1 Å². The molecule has 0 aliphatic heterocycles. The van der Waals surface area contributed by atoms with Crippen molar-refractivity contribution in [3.8, 4) is 11.5 Å². The van der Waals surface area contributed by atoms with Gasteiger partial charge in [-0.15, -0.1) is 12.4 Å². The Morgan fingerprint density at radius 2 is 1.89 bits per heavy atom. The predicted molar refractivity (Wildman–Crippen MR) is 112 cm³/mol. The molecule has 0 aliphatic rings. The summed E-state index contributed by atoms with van der Waals surface area (Å²) in [6.07, 6.45) is -0.725. The Kier molecular flexibility index (Phi) is 7.31. The van der Waals surface area contributed by atoms with Crippen molar-refractivity contribution in [3.05, 3.63) is 64.0 Å². The summed E-state index contributed by atoms with van der Waals surface area (Å²) >= 11 is 0. The van der Waals surface area contributed by atoms with E-state index in [-0.39, 0.29) is 24.6 Å². The van der Waals surface area contributed by atoms with Crippen molar-refractivity contribution in [2.45, 2.75) is 20.0 Å². The Labute approximate surface area is 169 Å². The van der Waals surface area contributed by atoms with E-state index in [1.165, 1.54) is 0 Å². The Morgan fingerprint density at radius 1 is 1.14 bits per heavy atom. The van der Waals surface area contributed by atoms with Crippen LogP contribution in [0.15, 0.2) is 51.7 Å². The van der Waals surface area contributed by atoms with Crippen molar-refractivity contribution in [3.63, 3.8) is 0 Å². The van der Waals surface area contributed by atoms with Crippen LogP contribution in [0, 0.1) is 13.8 Å². The molecule has 1 aromatic heterocycles. The van der Waals surface area contributed by atoms with Gasteiger partial charge in [-0.25, -0.2) is 4.79 Å². The van der Waals surface area contributed by atoms with E-state index in [0.717, 1.165) is 16.6 Å². The van der Waals surface area contributed by atoms with Crippen molar-refractivity contribution in [2.75, 3.05) is 25.6 Å². The molecule has 28 heavy (non-hydrogen) atoms. The van der Waals surface area contributed by atoms with Crippen LogP contribution in [0.4, 0.5) is 5.69 Å². The average Bonchev–Trinajstić information content (AvgIpc) is 2.69. The summed E-state index contributed by atoms with van der Waals surface area (Å²) in [5.74, 6) is 1.24. The number of rotatable bonds is 7. The highest BCUT2D eigenvalue weighted by Crippen LogP contribution is 2.24. The van der Waals surface area contributed by atoms with Gasteiger partial charge in [-0.1, -0.05) is 12.1 Å². The molecule has 0 saturated heterocycles. The van der Waals surface area contributed by atoms with E-state index in [1.807, 2.05) is 37.3 Å². The van der Waals surface area contributed by atoms with E-state index in [2.05, 4.69) is 5.32 Å². The summed E-state index contributed by atoms with van der Waals surface area (Å²) in [5, 5.41) is 14.2. The third-order valence-electron chi connectivity index (χ3n) is 4.51. The van der Waals surface area contributed by atoms with Crippen LogP contribution in [0.1, 0.15) is 11.1 Å². The molecule has 0 aliphatic carbocycles. The van der Waals surface area contributed by atoms with E-state index in [1.54, 1.807) is 26.2 Å². The van der Waals surface area contributed by atoms with Crippen molar-refractivity contribution in [1.82, 2.24) is 0 Å². The van der Waals surface area contributed by atoms with Gasteiger partial charge in [0.1, 0.15) is 29.8 Å². The number of aliphatic hydroxyl groups is 1. The third kappa shape index (κ3) is 4.77. The van der Waals surface area contributed by atoms with Crippen molar-refractivity contribution in [1.29, 1.82) is 0 Å². The topological polar surface area (TPSA) is 80.9 Å². The lowest BCUT2D eigenvalue weighted by atomic mass is 10.1. The molecule has 0 bridgehead atoms. The second kappa shape index (κ2) is 9.48. The number of fused-ring (bicyclic) bond motifs is 1. The fraction of sp³-hybridized carbons (Fsp3) is 0.286. The van der Waals surface area contributed by atoms with Crippen molar-refractivity contribution < 1.29 is 19.0 Å². The number of ether oxygens (including phenoxy) is 2. The maximum atomic E-state index is 11.8. The molecule has 2 N–H and O–H groups in total. The number of para-hydroxylation sites is 2. The summed E-state index contributed by atoms with van der Waals surface area (Å²) in [5.41, 5.74) is 2.43. The summed E-state index contributed by atoms with van der Waals surface area (Å²) in [6, 6.07) is 12.8. The Hall–Kier alpha value is -2.70. The van der Waals surface area contributed by atoms with E-state index >= 15 is 0 Å². The van der Waals surface area contributed by atoms with Gasteiger partial charge in [0, 0.05) is 23.6 Å². The van der Waals surface area contributed by atoms with E-state index < -0.39 is 6.10 Å². The molecule has 2 aromatic carbocycles. The number of hydrogen-bond donors (Lipinski definition) is 2. The highest BCUT2D eigenvalue weighted by molar-refractivity contribution is 5.85. The lowest BCUT2D eigenvalue weighted by molar-refractivity contribution is 0.117. The maximum absolute atomic E-state index is 11.8. The molecule has 6 nitrogen and oxygen atoms in total. The van der Waals surface area contributed by atoms with Gasteiger partial charge in [-0.05, 0) is 43.7 Å². The van der Waals surface area contributed by atoms with Gasteiger partial charge in [-0.2, -0.15) is 0 Å². The molecule has 1 heterocycles. The van der Waals surface area contributed by atoms with E-state index in [0.29, 0.717) is 29.2 Å². The Bertz CT molecular complexity index is 1000. The van der Waals surface area contributed by atoms with Crippen molar-refractivity contribution in [2.24, 2.45) is 0 Å². The molecule has 3 rings (SSSR count). The third-order valence-corrected chi connectivity index (χ3v) is 4.51. The molecule has 150 valence electrons. The van der Waals surface area contributed by atoms with Gasteiger partial charge in [0.25, 0.3) is 0 Å². The number of hydrogen-bond acceptors (Lipinski definition) is 6. The van der Waals surface area contributed by atoms with Crippen LogP contribution >= 0.6 is 12.4 Å². The molecule has 0 amide bonds. The van der Waals surface area contributed by atoms with Crippen LogP contribution in [0.25, 0.3) is 11.0 Å². The quantitative estimate of drug-likeness (QED) is 0.583. The fourth-order valence-corrected chi connectivity index (χ4v) is 2.79. The molecule has 0 spiro atoms. The minimum absolute atomic E-state index is 0. The van der Waals surface area contributed by atoms with Crippen LogP contribution in [-0.2, 0) is 0 Å². The van der Waals surface area contributed by atoms with Gasteiger partial charge in [0.05, 0.1) is 12.8 Å². The largest absolute Gasteiger partial charge is 0.495 e. The minimum atomic E-state index is -0.725. The fourth-order valence-electron chi connectivity index (χ4n) is 2.79. The zero-order valence-corrected chi connectivity index (χ0v) is 16.8. The molecule has 1 unspecified atom stereocenters. The predicted octanol–water partition coefficient (Wildman–Crippen LogP) is 3.69. The van der Waals surface area contributed by atoms with Gasteiger partial charge < -0.3 is 24.3 Å². The lowest BCUT2D eigenvalue weighted by Gasteiger charge is -2.16. The van der Waals surface area contributed by atoms with Gasteiger partial charge in [-0.3, -0.25) is 0 Å². The summed E-state index contributed by atoms with van der Waals surface area (Å²) < 4.78 is 16.2. The second-order valence-electron chi connectivity index (χ2n) is 6.34. The number of benzene rings is 2. The first-order chi connectivity index (χ1) is 13.0. The van der Waals surface area contributed by atoms with Crippen LogP contribution in [0.2, 0.25) is 0 Å². The number of aliphatic hydroxyl groups excluding tert-OH is 1. The zero-order valence-electron chi connectivity index (χ0n) is 16.0. The molecule has 0 fully saturated rings. The minimum Gasteiger partial charge on any atom is -0.495 e. The summed E-state index contributed by atoms with van der Waals surface area (Å²) in [4.78, 5) is 11.8.